The summed E-state index contributed by atoms with van der Waals surface area (Å²) in [4.78, 5) is 18.4. The highest BCUT2D eigenvalue weighted by atomic mass is 16.1. The molecule has 0 saturated heterocycles. The number of pyridine rings is 1. The van der Waals surface area contributed by atoms with Gasteiger partial charge in [-0.25, -0.2) is 9.89 Å². The van der Waals surface area contributed by atoms with Gasteiger partial charge < -0.3 is 0 Å². The standard InChI is InChI=1S/C29H37N7O/c1-4-7-8-25-19-36(27-20(5-2)9-10-21(27)6-3)29(37)35(25)18-24-17-30-16-15-26(24)22-11-13-23(14-12-22)28-31-33-34-32-28/h11-17,19-21,27H,4-10,18H2,1-3H3,(H,31,32,33,34). The monoisotopic (exact) mass is 499 g/mol. The van der Waals surface area contributed by atoms with Crippen molar-refractivity contribution >= 4 is 0 Å². The van der Waals surface area contributed by atoms with Crippen molar-refractivity contribution in [3.8, 4) is 22.5 Å². The van der Waals surface area contributed by atoms with E-state index in [1.807, 2.05) is 35.2 Å². The zero-order chi connectivity index (χ0) is 25.8. The number of unbranched alkanes of at least 4 members (excludes halogenated alkanes) is 1. The molecule has 1 aliphatic rings. The van der Waals surface area contributed by atoms with E-state index in [0.29, 0.717) is 30.2 Å². The van der Waals surface area contributed by atoms with Crippen molar-refractivity contribution in [2.75, 3.05) is 0 Å². The number of hydrogen-bond donors (Lipinski definition) is 1. The Labute approximate surface area is 218 Å². The molecule has 5 rings (SSSR count). The van der Waals surface area contributed by atoms with E-state index in [1.54, 1.807) is 0 Å². The van der Waals surface area contributed by atoms with Crippen molar-refractivity contribution < 1.29 is 0 Å². The molecule has 0 radical (unpaired) electrons. The molecular weight excluding hydrogens is 462 g/mol. The van der Waals surface area contributed by atoms with Gasteiger partial charge in [-0.15, -0.1) is 5.10 Å². The van der Waals surface area contributed by atoms with E-state index in [1.165, 1.54) is 12.8 Å². The van der Waals surface area contributed by atoms with E-state index < -0.39 is 0 Å². The molecule has 1 aromatic carbocycles. The molecule has 1 saturated carbocycles. The molecule has 8 heteroatoms. The lowest BCUT2D eigenvalue weighted by molar-refractivity contribution is 0.288. The second-order valence-electron chi connectivity index (χ2n) is 10.3. The Bertz CT molecular complexity index is 1340. The van der Waals surface area contributed by atoms with Gasteiger partial charge in [-0.2, -0.15) is 0 Å². The zero-order valence-electron chi connectivity index (χ0n) is 22.1. The third-order valence-corrected chi connectivity index (χ3v) is 8.16. The highest BCUT2D eigenvalue weighted by Gasteiger charge is 2.36. The molecule has 4 aromatic rings. The van der Waals surface area contributed by atoms with Gasteiger partial charge in [0, 0.05) is 35.9 Å². The maximum atomic E-state index is 14.0. The minimum absolute atomic E-state index is 0.123. The minimum atomic E-state index is 0.123. The van der Waals surface area contributed by atoms with Gasteiger partial charge >= 0.3 is 5.69 Å². The fourth-order valence-electron chi connectivity index (χ4n) is 6.08. The average molecular weight is 500 g/mol. The number of aromatic amines is 1. The smallest absolute Gasteiger partial charge is 0.295 e. The van der Waals surface area contributed by atoms with E-state index in [9.17, 15) is 4.79 Å². The van der Waals surface area contributed by atoms with Crippen LogP contribution in [0.15, 0.2) is 53.7 Å². The summed E-state index contributed by atoms with van der Waals surface area (Å²) in [5.74, 6) is 1.78. The largest absolute Gasteiger partial charge is 0.328 e. The normalized spacial score (nSPS) is 19.5. The summed E-state index contributed by atoms with van der Waals surface area (Å²) < 4.78 is 4.10. The van der Waals surface area contributed by atoms with Crippen LogP contribution in [0.2, 0.25) is 0 Å². The van der Waals surface area contributed by atoms with Crippen molar-refractivity contribution in [3.63, 3.8) is 0 Å². The Hall–Kier alpha value is -3.55. The van der Waals surface area contributed by atoms with Crippen LogP contribution in [-0.2, 0) is 13.0 Å². The number of nitrogens with zero attached hydrogens (tertiary/aromatic N) is 6. The SMILES string of the molecule is CCCCc1cn(C2C(CC)CCC2CC)c(=O)n1Cc1cnccc1-c1ccc(-c2nnn[nH]2)cc1. The summed E-state index contributed by atoms with van der Waals surface area (Å²) in [6.45, 7) is 7.25. The summed E-state index contributed by atoms with van der Waals surface area (Å²) in [7, 11) is 0. The van der Waals surface area contributed by atoms with Crippen LogP contribution in [0, 0.1) is 11.8 Å². The van der Waals surface area contributed by atoms with Gasteiger partial charge in [0.2, 0.25) is 0 Å². The molecule has 0 amide bonds. The lowest BCUT2D eigenvalue weighted by atomic mass is 9.93. The van der Waals surface area contributed by atoms with Crippen LogP contribution in [0.5, 0.6) is 0 Å². The van der Waals surface area contributed by atoms with E-state index in [2.05, 4.69) is 69.3 Å². The van der Waals surface area contributed by atoms with E-state index in [0.717, 1.165) is 60.1 Å². The summed E-state index contributed by atoms with van der Waals surface area (Å²) >= 11 is 0. The average Bonchev–Trinajstić information content (AvgIpc) is 3.68. The molecule has 1 aliphatic carbocycles. The van der Waals surface area contributed by atoms with Gasteiger partial charge in [-0.05, 0) is 70.7 Å². The second-order valence-corrected chi connectivity index (χ2v) is 10.3. The number of hydrogen-bond acceptors (Lipinski definition) is 5. The maximum absolute atomic E-state index is 14.0. The highest BCUT2D eigenvalue weighted by molar-refractivity contribution is 5.69. The first kappa shape index (κ1) is 25.1. The lowest BCUT2D eigenvalue weighted by Gasteiger charge is -2.24. The zero-order valence-corrected chi connectivity index (χ0v) is 22.1. The molecule has 3 aromatic heterocycles. The van der Waals surface area contributed by atoms with Crippen LogP contribution in [0.1, 0.15) is 76.6 Å². The molecule has 8 nitrogen and oxygen atoms in total. The van der Waals surface area contributed by atoms with Crippen molar-refractivity contribution in [3.05, 3.63) is 70.7 Å². The first-order valence-corrected chi connectivity index (χ1v) is 13.7. The summed E-state index contributed by atoms with van der Waals surface area (Å²) in [5.41, 5.74) is 5.37. The topological polar surface area (TPSA) is 94.3 Å². The van der Waals surface area contributed by atoms with Gasteiger partial charge in [-0.1, -0.05) is 64.3 Å². The second kappa shape index (κ2) is 11.2. The quantitative estimate of drug-likeness (QED) is 0.303. The number of tetrazole rings is 1. The number of aromatic nitrogens is 7. The number of H-pyrrole nitrogens is 1. The van der Waals surface area contributed by atoms with Gasteiger partial charge in [0.1, 0.15) is 0 Å². The molecule has 0 aliphatic heterocycles. The van der Waals surface area contributed by atoms with Crippen molar-refractivity contribution in [1.29, 1.82) is 0 Å². The Kier molecular flexibility index (Phi) is 7.63. The Morgan fingerprint density at radius 1 is 1.00 bits per heavy atom. The van der Waals surface area contributed by atoms with Crippen LogP contribution in [0.3, 0.4) is 0 Å². The number of nitrogens with one attached hydrogen (secondary N) is 1. The van der Waals surface area contributed by atoms with E-state index in [4.69, 9.17) is 0 Å². The Balaban J connectivity index is 1.51. The lowest BCUT2D eigenvalue weighted by Crippen LogP contribution is -2.32. The van der Waals surface area contributed by atoms with Crippen molar-refractivity contribution in [2.24, 2.45) is 11.8 Å². The number of benzene rings is 1. The first-order valence-electron chi connectivity index (χ1n) is 13.7. The number of imidazole rings is 1. The number of aryl methyl sites for hydroxylation is 1. The molecule has 0 bridgehead atoms. The third kappa shape index (κ3) is 5.02. The van der Waals surface area contributed by atoms with Crippen LogP contribution in [-0.4, -0.2) is 34.7 Å². The molecular formula is C29H37N7O. The first-order chi connectivity index (χ1) is 18.1. The van der Waals surface area contributed by atoms with Gasteiger partial charge in [0.25, 0.3) is 0 Å². The van der Waals surface area contributed by atoms with Gasteiger partial charge in [-0.3, -0.25) is 14.1 Å². The molecule has 37 heavy (non-hydrogen) atoms. The predicted octanol–water partition coefficient (Wildman–Crippen LogP) is 5.67. The fourth-order valence-corrected chi connectivity index (χ4v) is 6.08. The molecule has 2 unspecified atom stereocenters. The summed E-state index contributed by atoms with van der Waals surface area (Å²) in [6, 6.07) is 10.5. The van der Waals surface area contributed by atoms with Gasteiger partial charge in [0.05, 0.1) is 6.54 Å². The predicted molar refractivity (Wildman–Crippen MR) is 145 cm³/mol. The summed E-state index contributed by atoms with van der Waals surface area (Å²) in [6.07, 6.45) is 13.6. The highest BCUT2D eigenvalue weighted by Crippen LogP contribution is 2.43. The van der Waals surface area contributed by atoms with Crippen molar-refractivity contribution in [1.82, 2.24) is 34.7 Å². The Morgan fingerprint density at radius 2 is 1.73 bits per heavy atom. The fraction of sp³-hybridized carbons (Fsp3) is 0.483. The molecule has 0 spiro atoms. The molecule has 2 atom stereocenters. The Morgan fingerprint density at radius 3 is 2.38 bits per heavy atom. The minimum Gasteiger partial charge on any atom is -0.295 e. The molecule has 1 N–H and O–H groups in total. The van der Waals surface area contributed by atoms with Crippen LogP contribution in [0.4, 0.5) is 0 Å². The van der Waals surface area contributed by atoms with Crippen LogP contribution >= 0.6 is 0 Å². The number of rotatable bonds is 10. The molecule has 194 valence electrons. The van der Waals surface area contributed by atoms with Crippen LogP contribution < -0.4 is 5.69 Å². The molecule has 3 heterocycles. The van der Waals surface area contributed by atoms with E-state index in [-0.39, 0.29) is 5.69 Å². The maximum Gasteiger partial charge on any atom is 0.328 e. The molecule has 1 fully saturated rings. The van der Waals surface area contributed by atoms with Gasteiger partial charge in [0.15, 0.2) is 5.82 Å². The van der Waals surface area contributed by atoms with E-state index >= 15 is 0 Å². The van der Waals surface area contributed by atoms with Crippen LogP contribution in [0.25, 0.3) is 22.5 Å². The van der Waals surface area contributed by atoms with Crippen molar-refractivity contribution in [2.45, 2.75) is 78.3 Å². The third-order valence-electron chi connectivity index (χ3n) is 8.16. The summed E-state index contributed by atoms with van der Waals surface area (Å²) in [5, 5.41) is 14.1.